The van der Waals surface area contributed by atoms with Crippen LogP contribution in [-0.2, 0) is 7.05 Å². The number of nitrogens with zero attached hydrogens (tertiary/aromatic N) is 5. The number of hydrogen-bond donors (Lipinski definition) is 0. The molecule has 1 saturated heterocycles. The molecule has 6 nitrogen and oxygen atoms in total. The molecule has 1 aliphatic heterocycles. The van der Waals surface area contributed by atoms with Crippen LogP contribution in [-0.4, -0.2) is 52.3 Å². The summed E-state index contributed by atoms with van der Waals surface area (Å²) in [7, 11) is 3.69. The summed E-state index contributed by atoms with van der Waals surface area (Å²) in [5, 5.41) is 5.87. The Kier molecular flexibility index (Phi) is 5.22. The molecule has 4 rings (SSSR count). The zero-order valence-corrected chi connectivity index (χ0v) is 16.9. The lowest BCUT2D eigenvalue weighted by molar-refractivity contribution is 0.0765. The number of hydrogen-bond acceptors (Lipinski definition) is 4. The average Bonchev–Trinajstić information content (AvgIpc) is 3.14. The zero-order valence-electron chi connectivity index (χ0n) is 16.2. The minimum absolute atomic E-state index is 0.0328. The van der Waals surface area contributed by atoms with Crippen LogP contribution in [0.5, 0.6) is 0 Å². The van der Waals surface area contributed by atoms with Gasteiger partial charge in [0, 0.05) is 50.3 Å². The Morgan fingerprint density at radius 1 is 1.25 bits per heavy atom. The minimum atomic E-state index is 0.0328. The van der Waals surface area contributed by atoms with Gasteiger partial charge in [-0.2, -0.15) is 5.10 Å². The van der Waals surface area contributed by atoms with Gasteiger partial charge in [-0.25, -0.2) is 4.98 Å². The van der Waals surface area contributed by atoms with Crippen LogP contribution in [0.15, 0.2) is 42.7 Å². The molecule has 3 heterocycles. The number of piperidine rings is 1. The Morgan fingerprint density at radius 3 is 2.75 bits per heavy atom. The lowest BCUT2D eigenvalue weighted by atomic mass is 9.96. The summed E-state index contributed by atoms with van der Waals surface area (Å²) in [6.45, 7) is 2.67. The van der Waals surface area contributed by atoms with Crippen LogP contribution >= 0.6 is 11.6 Å². The van der Waals surface area contributed by atoms with E-state index in [9.17, 15) is 4.79 Å². The van der Waals surface area contributed by atoms with Gasteiger partial charge in [0.25, 0.3) is 5.91 Å². The van der Waals surface area contributed by atoms with E-state index in [1.165, 1.54) is 0 Å². The van der Waals surface area contributed by atoms with Gasteiger partial charge in [-0.05, 0) is 49.1 Å². The Bertz CT molecular complexity index is 993. The molecule has 0 saturated carbocycles. The quantitative estimate of drug-likeness (QED) is 0.674. The molecular weight excluding hydrogens is 374 g/mol. The maximum absolute atomic E-state index is 12.5. The van der Waals surface area contributed by atoms with Crippen LogP contribution in [0.3, 0.4) is 0 Å². The fraction of sp³-hybridized carbons (Fsp3) is 0.381. The summed E-state index contributed by atoms with van der Waals surface area (Å²) in [5.41, 5.74) is 1.61. The molecule has 3 aromatic rings. The van der Waals surface area contributed by atoms with E-state index >= 15 is 0 Å². The first-order valence-corrected chi connectivity index (χ1v) is 9.93. The predicted molar refractivity (Wildman–Crippen MR) is 112 cm³/mol. The van der Waals surface area contributed by atoms with Crippen molar-refractivity contribution in [1.29, 1.82) is 0 Å². The molecule has 1 aliphatic rings. The van der Waals surface area contributed by atoms with Gasteiger partial charge in [-0.15, -0.1) is 0 Å². The molecule has 0 aliphatic carbocycles. The van der Waals surface area contributed by atoms with Crippen molar-refractivity contribution >= 4 is 34.2 Å². The van der Waals surface area contributed by atoms with E-state index in [1.807, 2.05) is 37.2 Å². The minimum Gasteiger partial charge on any atom is -0.357 e. The number of aromatic nitrogens is 3. The van der Waals surface area contributed by atoms with Gasteiger partial charge in [0.1, 0.15) is 5.82 Å². The van der Waals surface area contributed by atoms with Crippen molar-refractivity contribution in [1.82, 2.24) is 19.7 Å². The van der Waals surface area contributed by atoms with Crippen molar-refractivity contribution in [2.24, 2.45) is 13.0 Å². The molecule has 28 heavy (non-hydrogen) atoms. The summed E-state index contributed by atoms with van der Waals surface area (Å²) in [5.74, 6) is 1.54. The maximum Gasteiger partial charge on any atom is 0.256 e. The fourth-order valence-electron chi connectivity index (χ4n) is 3.83. The fourth-order valence-corrected chi connectivity index (χ4v) is 4.01. The van der Waals surface area contributed by atoms with Crippen LogP contribution in [0, 0.1) is 5.92 Å². The number of amides is 1. The molecule has 0 atom stereocenters. The number of halogens is 1. The summed E-state index contributed by atoms with van der Waals surface area (Å²) in [4.78, 5) is 21.4. The third-order valence-electron chi connectivity index (χ3n) is 5.41. The standard InChI is InChI=1S/C21H24ClN5O/c1-25(21(28)17-12-23-26(2)14-17)13-15-7-9-27(10-8-15)20-6-3-16-11-18(22)4-5-19(16)24-20/h3-6,11-12,14-15H,7-10,13H2,1-2H3. The first kappa shape index (κ1) is 18.7. The summed E-state index contributed by atoms with van der Waals surface area (Å²) in [6, 6.07) is 9.93. The van der Waals surface area contributed by atoms with Crippen LogP contribution in [0.25, 0.3) is 10.9 Å². The van der Waals surface area contributed by atoms with Crippen molar-refractivity contribution < 1.29 is 4.79 Å². The first-order valence-electron chi connectivity index (χ1n) is 9.55. The normalized spacial score (nSPS) is 15.2. The highest BCUT2D eigenvalue weighted by Crippen LogP contribution is 2.26. The molecular formula is C21H24ClN5O. The van der Waals surface area contributed by atoms with Gasteiger partial charge in [0.05, 0.1) is 17.3 Å². The lowest BCUT2D eigenvalue weighted by Crippen LogP contribution is -2.39. The molecule has 1 fully saturated rings. The van der Waals surface area contributed by atoms with Gasteiger partial charge >= 0.3 is 0 Å². The molecule has 1 amide bonds. The van der Waals surface area contributed by atoms with E-state index < -0.39 is 0 Å². The zero-order chi connectivity index (χ0) is 19.7. The van der Waals surface area contributed by atoms with E-state index in [-0.39, 0.29) is 5.91 Å². The highest BCUT2D eigenvalue weighted by atomic mass is 35.5. The average molecular weight is 398 g/mol. The van der Waals surface area contributed by atoms with Gasteiger partial charge < -0.3 is 9.80 Å². The van der Waals surface area contributed by atoms with Crippen molar-refractivity contribution in [2.45, 2.75) is 12.8 Å². The molecule has 1 aromatic carbocycles. The van der Waals surface area contributed by atoms with E-state index in [0.29, 0.717) is 11.5 Å². The Morgan fingerprint density at radius 2 is 2.04 bits per heavy atom. The Labute approximate surface area is 169 Å². The monoisotopic (exact) mass is 397 g/mol. The van der Waals surface area contributed by atoms with E-state index in [0.717, 1.165) is 54.2 Å². The highest BCUT2D eigenvalue weighted by molar-refractivity contribution is 6.31. The van der Waals surface area contributed by atoms with E-state index in [2.05, 4.69) is 22.1 Å². The third kappa shape index (κ3) is 3.97. The van der Waals surface area contributed by atoms with Crippen molar-refractivity contribution in [3.63, 3.8) is 0 Å². The molecule has 2 aromatic heterocycles. The largest absolute Gasteiger partial charge is 0.357 e. The Hall–Kier alpha value is -2.60. The number of benzene rings is 1. The molecule has 146 valence electrons. The SMILES string of the molecule is CN(CC1CCN(c2ccc3cc(Cl)ccc3n2)CC1)C(=O)c1cnn(C)c1. The van der Waals surface area contributed by atoms with Crippen LogP contribution < -0.4 is 4.90 Å². The number of carbonyl (C=O) groups excluding carboxylic acids is 1. The van der Waals surface area contributed by atoms with Crippen molar-refractivity contribution in [3.05, 3.63) is 53.3 Å². The maximum atomic E-state index is 12.5. The summed E-state index contributed by atoms with van der Waals surface area (Å²) >= 11 is 6.06. The summed E-state index contributed by atoms with van der Waals surface area (Å²) < 4.78 is 1.66. The van der Waals surface area contributed by atoms with Gasteiger partial charge in [0.2, 0.25) is 0 Å². The first-order chi connectivity index (χ1) is 13.5. The lowest BCUT2D eigenvalue weighted by Gasteiger charge is -2.34. The number of fused-ring (bicyclic) bond motifs is 1. The number of anilines is 1. The number of rotatable bonds is 4. The third-order valence-corrected chi connectivity index (χ3v) is 5.64. The number of carbonyl (C=O) groups is 1. The Balaban J connectivity index is 1.35. The molecule has 0 spiro atoms. The second-order valence-electron chi connectivity index (χ2n) is 7.53. The molecule has 0 unspecified atom stereocenters. The smallest absolute Gasteiger partial charge is 0.256 e. The van der Waals surface area contributed by atoms with Gasteiger partial charge in [0.15, 0.2) is 0 Å². The van der Waals surface area contributed by atoms with Crippen LogP contribution in [0.2, 0.25) is 5.02 Å². The molecule has 0 bridgehead atoms. The van der Waals surface area contributed by atoms with Crippen LogP contribution in [0.4, 0.5) is 5.82 Å². The van der Waals surface area contributed by atoms with Crippen molar-refractivity contribution in [3.8, 4) is 0 Å². The topological polar surface area (TPSA) is 54.3 Å². The van der Waals surface area contributed by atoms with Gasteiger partial charge in [-0.1, -0.05) is 11.6 Å². The molecule has 7 heteroatoms. The number of aryl methyl sites for hydroxylation is 1. The number of pyridine rings is 1. The molecule has 0 radical (unpaired) electrons. The second kappa shape index (κ2) is 7.80. The van der Waals surface area contributed by atoms with Crippen molar-refractivity contribution in [2.75, 3.05) is 31.6 Å². The van der Waals surface area contributed by atoms with E-state index in [1.54, 1.807) is 17.1 Å². The van der Waals surface area contributed by atoms with E-state index in [4.69, 9.17) is 16.6 Å². The summed E-state index contributed by atoms with van der Waals surface area (Å²) in [6.07, 6.45) is 5.48. The second-order valence-corrected chi connectivity index (χ2v) is 7.96. The van der Waals surface area contributed by atoms with Crippen LogP contribution in [0.1, 0.15) is 23.2 Å². The molecule has 0 N–H and O–H groups in total. The predicted octanol–water partition coefficient (Wildman–Crippen LogP) is 3.61. The highest BCUT2D eigenvalue weighted by Gasteiger charge is 2.23. The van der Waals surface area contributed by atoms with Gasteiger partial charge in [-0.3, -0.25) is 9.48 Å².